The number of aromatic amines is 1. The van der Waals surface area contributed by atoms with E-state index in [0.717, 1.165) is 12.1 Å². The Morgan fingerprint density at radius 2 is 2.14 bits per heavy atom. The van der Waals surface area contributed by atoms with Crippen LogP contribution in [0.25, 0.3) is 0 Å². The standard InChI is InChI=1S/C11H15BrN6O2S/c1-2-13-6-8-3-4-9(12)10(5-8)21(19,20)14-7-11-15-17-18-16-11/h3-5,13-14H,2,6-7H2,1H3,(H,15,16,17,18). The summed E-state index contributed by atoms with van der Waals surface area (Å²) in [6, 6.07) is 5.21. The second-order valence-corrected chi connectivity index (χ2v) is 6.79. The van der Waals surface area contributed by atoms with Crippen molar-refractivity contribution in [3.63, 3.8) is 0 Å². The second-order valence-electron chi connectivity index (χ2n) is 4.20. The number of H-pyrrole nitrogens is 1. The van der Waals surface area contributed by atoms with Crippen LogP contribution in [0, 0.1) is 0 Å². The highest BCUT2D eigenvalue weighted by Gasteiger charge is 2.18. The highest BCUT2D eigenvalue weighted by atomic mass is 79.9. The Bertz CT molecular complexity index is 689. The number of nitrogens with one attached hydrogen (secondary N) is 3. The molecule has 114 valence electrons. The van der Waals surface area contributed by atoms with Crippen LogP contribution in [0.4, 0.5) is 0 Å². The molecule has 1 aromatic carbocycles. The van der Waals surface area contributed by atoms with Crippen LogP contribution >= 0.6 is 15.9 Å². The average Bonchev–Trinajstić information content (AvgIpc) is 2.97. The van der Waals surface area contributed by atoms with Gasteiger partial charge in [0, 0.05) is 11.0 Å². The van der Waals surface area contributed by atoms with Crippen molar-refractivity contribution < 1.29 is 8.42 Å². The fraction of sp³-hybridized carbons (Fsp3) is 0.364. The van der Waals surface area contributed by atoms with Gasteiger partial charge in [0.05, 0.1) is 11.4 Å². The third-order valence-corrected chi connectivity index (χ3v) is 5.07. The van der Waals surface area contributed by atoms with Crippen LogP contribution in [0.5, 0.6) is 0 Å². The van der Waals surface area contributed by atoms with Crippen molar-refractivity contribution in [3.8, 4) is 0 Å². The number of hydrogen-bond acceptors (Lipinski definition) is 6. The van der Waals surface area contributed by atoms with Crippen LogP contribution in [0.15, 0.2) is 27.6 Å². The number of nitrogens with zero attached hydrogens (tertiary/aromatic N) is 3. The largest absolute Gasteiger partial charge is 0.313 e. The Labute approximate surface area is 130 Å². The second kappa shape index (κ2) is 7.07. The number of rotatable bonds is 7. The molecular weight excluding hydrogens is 360 g/mol. The quantitative estimate of drug-likeness (QED) is 0.652. The van der Waals surface area contributed by atoms with Gasteiger partial charge in [0.1, 0.15) is 0 Å². The molecule has 0 unspecified atom stereocenters. The first-order chi connectivity index (χ1) is 10.0. The van der Waals surface area contributed by atoms with E-state index in [1.54, 1.807) is 12.1 Å². The third-order valence-electron chi connectivity index (χ3n) is 2.67. The molecule has 0 fully saturated rings. The van der Waals surface area contributed by atoms with Gasteiger partial charge in [-0.15, -0.1) is 10.2 Å². The summed E-state index contributed by atoms with van der Waals surface area (Å²) < 4.78 is 27.6. The first kappa shape index (κ1) is 16.0. The van der Waals surface area contributed by atoms with Gasteiger partial charge >= 0.3 is 0 Å². The topological polar surface area (TPSA) is 113 Å². The summed E-state index contributed by atoms with van der Waals surface area (Å²) in [6.07, 6.45) is 0. The molecule has 0 bridgehead atoms. The van der Waals surface area contributed by atoms with Crippen molar-refractivity contribution in [1.29, 1.82) is 0 Å². The SMILES string of the molecule is CCNCc1ccc(Br)c(S(=O)(=O)NCc2nn[nH]n2)c1. The highest BCUT2D eigenvalue weighted by Crippen LogP contribution is 2.23. The van der Waals surface area contributed by atoms with Crippen molar-refractivity contribution in [2.45, 2.75) is 24.9 Å². The van der Waals surface area contributed by atoms with Gasteiger partial charge in [-0.1, -0.05) is 18.2 Å². The molecule has 0 spiro atoms. The molecule has 8 nitrogen and oxygen atoms in total. The lowest BCUT2D eigenvalue weighted by molar-refractivity contribution is 0.578. The van der Waals surface area contributed by atoms with Gasteiger partial charge in [0.2, 0.25) is 10.0 Å². The summed E-state index contributed by atoms with van der Waals surface area (Å²) in [7, 11) is -3.66. The maximum absolute atomic E-state index is 12.3. The first-order valence-electron chi connectivity index (χ1n) is 6.24. The molecule has 21 heavy (non-hydrogen) atoms. The Morgan fingerprint density at radius 1 is 1.33 bits per heavy atom. The predicted molar refractivity (Wildman–Crippen MR) is 79.7 cm³/mol. The predicted octanol–water partition coefficient (Wildman–Crippen LogP) is 0.550. The number of tetrazole rings is 1. The molecule has 0 aliphatic heterocycles. The molecule has 0 aliphatic carbocycles. The third kappa shape index (κ3) is 4.30. The maximum atomic E-state index is 12.3. The normalized spacial score (nSPS) is 11.7. The molecule has 1 aromatic heterocycles. The Hall–Kier alpha value is -1.36. The fourth-order valence-corrected chi connectivity index (χ4v) is 3.62. The minimum atomic E-state index is -3.66. The van der Waals surface area contributed by atoms with Gasteiger partial charge in [0.15, 0.2) is 5.82 Å². The fourth-order valence-electron chi connectivity index (χ4n) is 1.63. The van der Waals surface area contributed by atoms with Crippen LogP contribution in [0.3, 0.4) is 0 Å². The lowest BCUT2D eigenvalue weighted by Gasteiger charge is -2.10. The highest BCUT2D eigenvalue weighted by molar-refractivity contribution is 9.10. The zero-order valence-electron chi connectivity index (χ0n) is 11.3. The number of hydrogen-bond donors (Lipinski definition) is 3. The number of halogens is 1. The van der Waals surface area contributed by atoms with Crippen LogP contribution in [-0.2, 0) is 23.1 Å². The van der Waals surface area contributed by atoms with Crippen LogP contribution in [-0.4, -0.2) is 35.6 Å². The molecule has 1 heterocycles. The smallest absolute Gasteiger partial charge is 0.242 e. The van der Waals surface area contributed by atoms with Crippen LogP contribution < -0.4 is 10.0 Å². The van der Waals surface area contributed by atoms with E-state index in [9.17, 15) is 8.42 Å². The van der Waals surface area contributed by atoms with Crippen molar-refractivity contribution in [2.75, 3.05) is 6.54 Å². The van der Waals surface area contributed by atoms with E-state index < -0.39 is 10.0 Å². The van der Waals surface area contributed by atoms with Crippen molar-refractivity contribution in [2.24, 2.45) is 0 Å². The van der Waals surface area contributed by atoms with E-state index in [0.29, 0.717) is 11.0 Å². The van der Waals surface area contributed by atoms with Gasteiger partial charge in [-0.3, -0.25) is 0 Å². The summed E-state index contributed by atoms with van der Waals surface area (Å²) in [6.45, 7) is 3.39. The van der Waals surface area contributed by atoms with Gasteiger partial charge < -0.3 is 5.32 Å². The molecule has 10 heteroatoms. The van der Waals surface area contributed by atoms with Crippen LogP contribution in [0.2, 0.25) is 0 Å². The molecule has 3 N–H and O–H groups in total. The number of sulfonamides is 1. The van der Waals surface area contributed by atoms with Gasteiger partial charge in [-0.2, -0.15) is 5.21 Å². The Kier molecular flexibility index (Phi) is 5.39. The van der Waals surface area contributed by atoms with Crippen molar-refractivity contribution in [1.82, 2.24) is 30.7 Å². The lowest BCUT2D eigenvalue weighted by atomic mass is 10.2. The summed E-state index contributed by atoms with van der Waals surface area (Å²) in [5.74, 6) is 0.276. The Morgan fingerprint density at radius 3 is 2.81 bits per heavy atom. The summed E-state index contributed by atoms with van der Waals surface area (Å²) in [5, 5.41) is 16.2. The van der Waals surface area contributed by atoms with E-state index in [4.69, 9.17) is 0 Å². The zero-order chi connectivity index (χ0) is 15.3. The molecule has 0 radical (unpaired) electrons. The van der Waals surface area contributed by atoms with E-state index in [2.05, 4.69) is 46.6 Å². The number of aromatic nitrogens is 4. The summed E-state index contributed by atoms with van der Waals surface area (Å²) >= 11 is 3.26. The molecule has 0 atom stereocenters. The van der Waals surface area contributed by atoms with Gasteiger partial charge in [-0.25, -0.2) is 13.1 Å². The maximum Gasteiger partial charge on any atom is 0.242 e. The molecule has 2 rings (SSSR count). The zero-order valence-corrected chi connectivity index (χ0v) is 13.7. The van der Waals surface area contributed by atoms with E-state index >= 15 is 0 Å². The minimum absolute atomic E-state index is 0.0251. The van der Waals surface area contributed by atoms with Crippen molar-refractivity contribution >= 4 is 26.0 Å². The first-order valence-corrected chi connectivity index (χ1v) is 8.51. The van der Waals surface area contributed by atoms with E-state index in [-0.39, 0.29) is 17.3 Å². The van der Waals surface area contributed by atoms with Gasteiger partial charge in [-0.05, 0) is 40.2 Å². The molecule has 0 amide bonds. The number of benzene rings is 1. The van der Waals surface area contributed by atoms with Crippen LogP contribution in [0.1, 0.15) is 18.3 Å². The monoisotopic (exact) mass is 374 g/mol. The molecule has 0 aliphatic rings. The lowest BCUT2D eigenvalue weighted by Crippen LogP contribution is -2.24. The summed E-state index contributed by atoms with van der Waals surface area (Å²) in [5.41, 5.74) is 0.889. The summed E-state index contributed by atoms with van der Waals surface area (Å²) in [4.78, 5) is 0.182. The molecule has 2 aromatic rings. The van der Waals surface area contributed by atoms with E-state index in [1.165, 1.54) is 0 Å². The van der Waals surface area contributed by atoms with E-state index in [1.807, 2.05) is 13.0 Å². The average molecular weight is 375 g/mol. The molecule has 0 saturated heterocycles. The Balaban J connectivity index is 2.17. The van der Waals surface area contributed by atoms with Crippen molar-refractivity contribution in [3.05, 3.63) is 34.1 Å². The molecule has 0 saturated carbocycles. The van der Waals surface area contributed by atoms with Gasteiger partial charge in [0.25, 0.3) is 0 Å². The minimum Gasteiger partial charge on any atom is -0.313 e. The molecular formula is C11H15BrN6O2S.